The zero-order chi connectivity index (χ0) is 14.1. The molecule has 0 radical (unpaired) electrons. The molecular formula is C14H16N4O2. The van der Waals surface area contributed by atoms with Gasteiger partial charge in [-0.2, -0.15) is 5.10 Å². The smallest absolute Gasteiger partial charge is 0.272 e. The van der Waals surface area contributed by atoms with Gasteiger partial charge in [0.15, 0.2) is 0 Å². The van der Waals surface area contributed by atoms with Gasteiger partial charge in [-0.25, -0.2) is 0 Å². The average molecular weight is 272 g/mol. The molecule has 1 aromatic heterocycles. The van der Waals surface area contributed by atoms with Crippen LogP contribution in [0.15, 0.2) is 24.4 Å². The molecular weight excluding hydrogens is 256 g/mol. The predicted octanol–water partition coefficient (Wildman–Crippen LogP) is 2.55. The lowest BCUT2D eigenvalue weighted by Crippen LogP contribution is -2.15. The highest BCUT2D eigenvalue weighted by Crippen LogP contribution is 2.28. The maximum absolute atomic E-state index is 11.0. The number of H-pyrrole nitrogens is 1. The van der Waals surface area contributed by atoms with E-state index in [0.717, 1.165) is 23.4 Å². The van der Waals surface area contributed by atoms with E-state index in [1.54, 1.807) is 25.3 Å². The van der Waals surface area contributed by atoms with Crippen LogP contribution in [-0.4, -0.2) is 21.2 Å². The SMILES string of the molecule is Cc1ccc(-c2[nH]ncc2CNC2CC2)cc1[N+](=O)[O-]. The van der Waals surface area contributed by atoms with Crippen LogP contribution < -0.4 is 5.32 Å². The van der Waals surface area contributed by atoms with E-state index in [-0.39, 0.29) is 10.6 Å². The standard InChI is InChI=1S/C14H16N4O2/c1-9-2-3-10(6-13(9)18(19)20)14-11(8-16-17-14)7-15-12-4-5-12/h2-3,6,8,12,15H,4-5,7H2,1H3,(H,16,17). The van der Waals surface area contributed by atoms with Gasteiger partial charge in [-0.3, -0.25) is 15.2 Å². The van der Waals surface area contributed by atoms with Gasteiger partial charge in [0, 0.05) is 35.3 Å². The van der Waals surface area contributed by atoms with Crippen molar-refractivity contribution in [3.8, 4) is 11.3 Å². The fourth-order valence-electron chi connectivity index (χ4n) is 2.20. The molecule has 3 rings (SSSR count). The largest absolute Gasteiger partial charge is 0.310 e. The van der Waals surface area contributed by atoms with Crippen LogP contribution in [0.2, 0.25) is 0 Å². The van der Waals surface area contributed by atoms with Crippen molar-refractivity contribution in [3.05, 3.63) is 45.6 Å². The Kier molecular flexibility index (Phi) is 3.23. The summed E-state index contributed by atoms with van der Waals surface area (Å²) in [6, 6.07) is 5.87. The van der Waals surface area contributed by atoms with Crippen molar-refractivity contribution < 1.29 is 4.92 Å². The van der Waals surface area contributed by atoms with Crippen LogP contribution in [0.4, 0.5) is 5.69 Å². The molecule has 0 aliphatic heterocycles. The molecule has 1 aliphatic rings. The third-order valence-corrected chi connectivity index (χ3v) is 3.57. The van der Waals surface area contributed by atoms with Crippen molar-refractivity contribution >= 4 is 5.69 Å². The van der Waals surface area contributed by atoms with Gasteiger partial charge in [0.2, 0.25) is 0 Å². The zero-order valence-corrected chi connectivity index (χ0v) is 11.2. The molecule has 1 aromatic carbocycles. The van der Waals surface area contributed by atoms with E-state index in [9.17, 15) is 10.1 Å². The van der Waals surface area contributed by atoms with Gasteiger partial charge in [0.1, 0.15) is 0 Å². The molecule has 0 saturated heterocycles. The van der Waals surface area contributed by atoms with E-state index in [2.05, 4.69) is 15.5 Å². The van der Waals surface area contributed by atoms with E-state index in [0.29, 0.717) is 11.6 Å². The molecule has 1 aliphatic carbocycles. The summed E-state index contributed by atoms with van der Waals surface area (Å²) >= 11 is 0. The minimum Gasteiger partial charge on any atom is -0.310 e. The Bertz CT molecular complexity index is 646. The molecule has 6 nitrogen and oxygen atoms in total. The molecule has 0 spiro atoms. The lowest BCUT2D eigenvalue weighted by Gasteiger charge is -2.05. The molecule has 2 N–H and O–H groups in total. The van der Waals surface area contributed by atoms with Crippen LogP contribution in [0.1, 0.15) is 24.0 Å². The highest BCUT2D eigenvalue weighted by Gasteiger charge is 2.21. The lowest BCUT2D eigenvalue weighted by atomic mass is 10.0. The average Bonchev–Trinajstić information content (AvgIpc) is 3.14. The van der Waals surface area contributed by atoms with Gasteiger partial charge < -0.3 is 5.32 Å². The van der Waals surface area contributed by atoms with Crippen molar-refractivity contribution in [2.75, 3.05) is 0 Å². The predicted molar refractivity (Wildman–Crippen MR) is 75.3 cm³/mol. The number of hydrogen-bond acceptors (Lipinski definition) is 4. The summed E-state index contributed by atoms with van der Waals surface area (Å²) in [5, 5.41) is 21.4. The van der Waals surface area contributed by atoms with Crippen molar-refractivity contribution in [2.24, 2.45) is 0 Å². The molecule has 1 heterocycles. The number of aromatic nitrogens is 2. The minimum absolute atomic E-state index is 0.137. The normalized spacial score (nSPS) is 14.4. The van der Waals surface area contributed by atoms with E-state index in [1.165, 1.54) is 12.8 Å². The fraction of sp³-hybridized carbons (Fsp3) is 0.357. The number of nitro groups is 1. The molecule has 1 saturated carbocycles. The Morgan fingerprint density at radius 1 is 1.50 bits per heavy atom. The summed E-state index contributed by atoms with van der Waals surface area (Å²) in [5.74, 6) is 0. The van der Waals surface area contributed by atoms with Crippen LogP contribution >= 0.6 is 0 Å². The van der Waals surface area contributed by atoms with Crippen LogP contribution in [-0.2, 0) is 6.54 Å². The highest BCUT2D eigenvalue weighted by molar-refractivity contribution is 5.66. The highest BCUT2D eigenvalue weighted by atomic mass is 16.6. The first-order valence-electron chi connectivity index (χ1n) is 6.66. The quantitative estimate of drug-likeness (QED) is 0.647. The summed E-state index contributed by atoms with van der Waals surface area (Å²) < 4.78 is 0. The maximum atomic E-state index is 11.0. The summed E-state index contributed by atoms with van der Waals surface area (Å²) in [6.07, 6.45) is 4.22. The first-order chi connectivity index (χ1) is 9.65. The monoisotopic (exact) mass is 272 g/mol. The van der Waals surface area contributed by atoms with Crippen molar-refractivity contribution in [1.29, 1.82) is 0 Å². The zero-order valence-electron chi connectivity index (χ0n) is 11.2. The van der Waals surface area contributed by atoms with Crippen LogP contribution in [0, 0.1) is 17.0 Å². The second kappa shape index (κ2) is 5.05. The number of aromatic amines is 1. The van der Waals surface area contributed by atoms with Gasteiger partial charge in [0.25, 0.3) is 5.69 Å². The Labute approximate surface area is 116 Å². The Hall–Kier alpha value is -2.21. The van der Waals surface area contributed by atoms with E-state index in [4.69, 9.17) is 0 Å². The molecule has 0 bridgehead atoms. The number of rotatable bonds is 5. The van der Waals surface area contributed by atoms with E-state index in [1.807, 2.05) is 6.07 Å². The van der Waals surface area contributed by atoms with Gasteiger partial charge in [-0.15, -0.1) is 0 Å². The molecule has 0 amide bonds. The molecule has 1 fully saturated rings. The number of hydrogen-bond donors (Lipinski definition) is 2. The van der Waals surface area contributed by atoms with Crippen LogP contribution in [0.5, 0.6) is 0 Å². The van der Waals surface area contributed by atoms with Crippen LogP contribution in [0.25, 0.3) is 11.3 Å². The van der Waals surface area contributed by atoms with Gasteiger partial charge >= 0.3 is 0 Å². The Balaban J connectivity index is 1.90. The van der Waals surface area contributed by atoms with Gasteiger partial charge in [0.05, 0.1) is 16.8 Å². The van der Waals surface area contributed by atoms with E-state index >= 15 is 0 Å². The molecule has 20 heavy (non-hydrogen) atoms. The number of nitro benzene ring substituents is 1. The van der Waals surface area contributed by atoms with Crippen LogP contribution in [0.3, 0.4) is 0 Å². The van der Waals surface area contributed by atoms with E-state index < -0.39 is 0 Å². The number of nitrogens with one attached hydrogen (secondary N) is 2. The number of nitrogens with zero attached hydrogens (tertiary/aromatic N) is 2. The second-order valence-electron chi connectivity index (χ2n) is 5.18. The third-order valence-electron chi connectivity index (χ3n) is 3.57. The van der Waals surface area contributed by atoms with Gasteiger partial charge in [-0.05, 0) is 19.8 Å². The molecule has 6 heteroatoms. The Morgan fingerprint density at radius 2 is 2.30 bits per heavy atom. The van der Waals surface area contributed by atoms with Crippen molar-refractivity contribution in [2.45, 2.75) is 32.4 Å². The molecule has 2 aromatic rings. The third kappa shape index (κ3) is 2.55. The minimum atomic E-state index is -0.350. The fourth-order valence-corrected chi connectivity index (χ4v) is 2.20. The number of aryl methyl sites for hydroxylation is 1. The summed E-state index contributed by atoms with van der Waals surface area (Å²) in [5.41, 5.74) is 3.48. The maximum Gasteiger partial charge on any atom is 0.272 e. The summed E-state index contributed by atoms with van der Waals surface area (Å²) in [4.78, 5) is 10.7. The first-order valence-corrected chi connectivity index (χ1v) is 6.66. The molecule has 104 valence electrons. The number of benzene rings is 1. The van der Waals surface area contributed by atoms with Crippen molar-refractivity contribution in [3.63, 3.8) is 0 Å². The Morgan fingerprint density at radius 3 is 3.00 bits per heavy atom. The summed E-state index contributed by atoms with van der Waals surface area (Å²) in [7, 11) is 0. The van der Waals surface area contributed by atoms with Gasteiger partial charge in [-0.1, -0.05) is 12.1 Å². The first kappa shape index (κ1) is 12.8. The molecule has 0 unspecified atom stereocenters. The second-order valence-corrected chi connectivity index (χ2v) is 5.18. The summed E-state index contributed by atoms with van der Waals surface area (Å²) in [6.45, 7) is 2.47. The molecule has 0 atom stereocenters. The lowest BCUT2D eigenvalue weighted by molar-refractivity contribution is -0.385. The topological polar surface area (TPSA) is 83.8 Å². The van der Waals surface area contributed by atoms with Crippen molar-refractivity contribution in [1.82, 2.24) is 15.5 Å².